The van der Waals surface area contributed by atoms with Gasteiger partial charge in [-0.15, -0.1) is 0 Å². The summed E-state index contributed by atoms with van der Waals surface area (Å²) >= 11 is 0. The number of carbonyl (C=O) groups is 1. The second kappa shape index (κ2) is 5.98. The van der Waals surface area contributed by atoms with Crippen molar-refractivity contribution in [3.8, 4) is 0 Å². The first kappa shape index (κ1) is 13.1. The fraction of sp³-hybridized carbons (Fsp3) is 0.500. The number of amides is 1. The van der Waals surface area contributed by atoms with Crippen LogP contribution in [0.5, 0.6) is 0 Å². The second-order valence-electron chi connectivity index (χ2n) is 4.97. The number of benzene rings is 1. The molecule has 1 aliphatic rings. The highest BCUT2D eigenvalue weighted by molar-refractivity contribution is 5.78. The maximum Gasteiger partial charge on any atom is 0.233 e. The van der Waals surface area contributed by atoms with Gasteiger partial charge < -0.3 is 11.1 Å². The molecule has 3 N–H and O–H groups in total. The Morgan fingerprint density at radius 2 is 2.17 bits per heavy atom. The number of nitrogens with zero attached hydrogens (tertiary/aromatic N) is 1. The third kappa shape index (κ3) is 3.31. The molecule has 2 unspecified atom stereocenters. The molecule has 2 atom stereocenters. The summed E-state index contributed by atoms with van der Waals surface area (Å²) in [6, 6.07) is 11.2. The Morgan fingerprint density at radius 1 is 1.44 bits per heavy atom. The van der Waals surface area contributed by atoms with Crippen molar-refractivity contribution in [1.82, 2.24) is 10.2 Å². The molecule has 18 heavy (non-hydrogen) atoms. The quantitative estimate of drug-likeness (QED) is 0.824. The molecule has 1 fully saturated rings. The topological polar surface area (TPSA) is 58.4 Å². The smallest absolute Gasteiger partial charge is 0.233 e. The zero-order valence-electron chi connectivity index (χ0n) is 10.8. The summed E-state index contributed by atoms with van der Waals surface area (Å²) in [7, 11) is 0. The van der Waals surface area contributed by atoms with Crippen molar-refractivity contribution in [3.05, 3.63) is 35.9 Å². The Kier molecular flexibility index (Phi) is 4.33. The predicted octanol–water partition coefficient (Wildman–Crippen LogP) is 0.724. The van der Waals surface area contributed by atoms with Crippen LogP contribution >= 0.6 is 0 Å². The van der Waals surface area contributed by atoms with E-state index in [0.29, 0.717) is 6.04 Å². The number of carbonyl (C=O) groups excluding carboxylic acids is 1. The summed E-state index contributed by atoms with van der Waals surface area (Å²) < 4.78 is 0. The van der Waals surface area contributed by atoms with E-state index in [9.17, 15) is 4.79 Å². The molecule has 98 valence electrons. The van der Waals surface area contributed by atoms with Gasteiger partial charge in [0.1, 0.15) is 0 Å². The molecule has 0 spiro atoms. The highest BCUT2D eigenvalue weighted by atomic mass is 16.1. The molecule has 1 heterocycles. The van der Waals surface area contributed by atoms with Crippen molar-refractivity contribution in [2.45, 2.75) is 32.0 Å². The van der Waals surface area contributed by atoms with Gasteiger partial charge >= 0.3 is 0 Å². The van der Waals surface area contributed by atoms with E-state index in [-0.39, 0.29) is 18.5 Å². The maximum absolute atomic E-state index is 11.3. The summed E-state index contributed by atoms with van der Waals surface area (Å²) in [5.74, 6) is -0.0613. The zero-order valence-corrected chi connectivity index (χ0v) is 10.8. The van der Waals surface area contributed by atoms with Gasteiger partial charge in [0, 0.05) is 25.2 Å². The first-order chi connectivity index (χ1) is 8.69. The average Bonchev–Trinajstić information content (AvgIpc) is 2.71. The molecule has 0 saturated carbocycles. The zero-order chi connectivity index (χ0) is 13.0. The van der Waals surface area contributed by atoms with E-state index in [1.54, 1.807) is 0 Å². The van der Waals surface area contributed by atoms with Gasteiger partial charge in [0.15, 0.2) is 0 Å². The van der Waals surface area contributed by atoms with Crippen LogP contribution in [-0.2, 0) is 11.3 Å². The van der Waals surface area contributed by atoms with Gasteiger partial charge in [-0.25, -0.2) is 0 Å². The van der Waals surface area contributed by atoms with E-state index in [1.807, 2.05) is 6.07 Å². The summed E-state index contributed by atoms with van der Waals surface area (Å²) in [6.07, 6.45) is 0.999. The number of hydrogen-bond acceptors (Lipinski definition) is 3. The number of rotatable bonds is 4. The van der Waals surface area contributed by atoms with Crippen LogP contribution in [0, 0.1) is 0 Å². The van der Waals surface area contributed by atoms with Crippen molar-refractivity contribution >= 4 is 5.91 Å². The van der Waals surface area contributed by atoms with Crippen LogP contribution in [0.2, 0.25) is 0 Å². The monoisotopic (exact) mass is 247 g/mol. The van der Waals surface area contributed by atoms with Crippen LogP contribution in [0.3, 0.4) is 0 Å². The number of nitrogens with one attached hydrogen (secondary N) is 1. The molecule has 4 nitrogen and oxygen atoms in total. The minimum atomic E-state index is -0.0613. The summed E-state index contributed by atoms with van der Waals surface area (Å²) in [5.41, 5.74) is 6.63. The summed E-state index contributed by atoms with van der Waals surface area (Å²) in [4.78, 5) is 13.7. The van der Waals surface area contributed by atoms with Crippen molar-refractivity contribution in [1.29, 1.82) is 0 Å². The lowest BCUT2D eigenvalue weighted by atomic mass is 10.2. The van der Waals surface area contributed by atoms with Crippen LogP contribution in [-0.4, -0.2) is 36.0 Å². The lowest BCUT2D eigenvalue weighted by Crippen LogP contribution is -2.40. The van der Waals surface area contributed by atoms with Gasteiger partial charge in [-0.2, -0.15) is 0 Å². The molecule has 0 aromatic heterocycles. The van der Waals surface area contributed by atoms with E-state index < -0.39 is 0 Å². The Bertz CT molecular complexity index is 393. The van der Waals surface area contributed by atoms with E-state index in [4.69, 9.17) is 5.73 Å². The van der Waals surface area contributed by atoms with Crippen LogP contribution in [0.25, 0.3) is 0 Å². The lowest BCUT2D eigenvalue weighted by molar-refractivity contribution is -0.120. The van der Waals surface area contributed by atoms with Crippen molar-refractivity contribution < 1.29 is 4.79 Å². The van der Waals surface area contributed by atoms with Crippen molar-refractivity contribution in [2.75, 3.05) is 13.1 Å². The number of hydrogen-bond donors (Lipinski definition) is 2. The Labute approximate surface area is 108 Å². The number of likely N-dealkylation sites (tertiary alicyclic amines) is 1. The predicted molar refractivity (Wildman–Crippen MR) is 71.9 cm³/mol. The molecule has 1 amide bonds. The SMILES string of the molecule is CC1CC(NC(=O)CN)CN1Cc1ccccc1. The van der Waals surface area contributed by atoms with Gasteiger partial charge in [0.2, 0.25) is 5.91 Å². The fourth-order valence-electron chi connectivity index (χ4n) is 2.53. The minimum absolute atomic E-state index is 0.0613. The number of nitrogens with two attached hydrogens (primary N) is 1. The Hall–Kier alpha value is -1.39. The molecule has 1 aliphatic heterocycles. The summed E-state index contributed by atoms with van der Waals surface area (Å²) in [6.45, 7) is 4.12. The van der Waals surface area contributed by atoms with Crippen molar-refractivity contribution in [2.24, 2.45) is 5.73 Å². The van der Waals surface area contributed by atoms with E-state index >= 15 is 0 Å². The highest BCUT2D eigenvalue weighted by Gasteiger charge is 2.29. The molecule has 0 aliphatic carbocycles. The van der Waals surface area contributed by atoms with Crippen LogP contribution in [0.1, 0.15) is 18.9 Å². The van der Waals surface area contributed by atoms with Gasteiger partial charge in [-0.05, 0) is 18.9 Å². The molecule has 0 radical (unpaired) electrons. The lowest BCUT2D eigenvalue weighted by Gasteiger charge is -2.20. The summed E-state index contributed by atoms with van der Waals surface area (Å²) in [5, 5.41) is 2.97. The van der Waals surface area contributed by atoms with Crippen molar-refractivity contribution in [3.63, 3.8) is 0 Å². The fourth-order valence-corrected chi connectivity index (χ4v) is 2.53. The van der Waals surface area contributed by atoms with Crippen LogP contribution in [0.4, 0.5) is 0 Å². The third-order valence-electron chi connectivity index (χ3n) is 3.48. The molecular formula is C14H21N3O. The Morgan fingerprint density at radius 3 is 2.83 bits per heavy atom. The van der Waals surface area contributed by atoms with Crippen LogP contribution < -0.4 is 11.1 Å². The highest BCUT2D eigenvalue weighted by Crippen LogP contribution is 2.20. The third-order valence-corrected chi connectivity index (χ3v) is 3.48. The molecule has 0 bridgehead atoms. The molecule has 2 rings (SSSR count). The first-order valence-corrected chi connectivity index (χ1v) is 6.46. The van der Waals surface area contributed by atoms with Gasteiger partial charge in [-0.1, -0.05) is 30.3 Å². The average molecular weight is 247 g/mol. The van der Waals surface area contributed by atoms with Gasteiger partial charge in [0.05, 0.1) is 6.54 Å². The molecule has 1 aromatic carbocycles. The van der Waals surface area contributed by atoms with E-state index in [2.05, 4.69) is 41.4 Å². The normalized spacial score (nSPS) is 24.1. The second-order valence-corrected chi connectivity index (χ2v) is 4.97. The minimum Gasteiger partial charge on any atom is -0.351 e. The van der Waals surface area contributed by atoms with Gasteiger partial charge in [-0.3, -0.25) is 9.69 Å². The molecule has 1 aromatic rings. The van der Waals surface area contributed by atoms with Gasteiger partial charge in [0.25, 0.3) is 0 Å². The van der Waals surface area contributed by atoms with E-state index in [0.717, 1.165) is 19.5 Å². The molecule has 1 saturated heterocycles. The first-order valence-electron chi connectivity index (χ1n) is 6.46. The maximum atomic E-state index is 11.3. The van der Waals surface area contributed by atoms with Crippen LogP contribution in [0.15, 0.2) is 30.3 Å². The Balaban J connectivity index is 1.89. The standard InChI is InChI=1S/C14H21N3O/c1-11-7-13(16-14(18)8-15)10-17(11)9-12-5-3-2-4-6-12/h2-6,11,13H,7-10,15H2,1H3,(H,16,18). The molecular weight excluding hydrogens is 226 g/mol. The van der Waals surface area contributed by atoms with E-state index in [1.165, 1.54) is 5.56 Å². The largest absolute Gasteiger partial charge is 0.351 e. The molecule has 4 heteroatoms.